The monoisotopic (exact) mass is 357 g/mol. The number of benzene rings is 3. The Kier molecular flexibility index (Phi) is 6.11. The van der Waals surface area contributed by atoms with Crippen molar-refractivity contribution in [2.75, 3.05) is 18.5 Å². The fourth-order valence-corrected chi connectivity index (χ4v) is 2.49. The molecule has 1 amide bonds. The van der Waals surface area contributed by atoms with Crippen LogP contribution < -0.4 is 14.8 Å². The number of hydrogen-bond acceptors (Lipinski definition) is 3. The number of terminal acetylenes is 1. The van der Waals surface area contributed by atoms with E-state index in [1.807, 2.05) is 36.4 Å². The minimum atomic E-state index is -0.260. The molecule has 3 aromatic rings. The van der Waals surface area contributed by atoms with Crippen molar-refractivity contribution in [3.63, 3.8) is 0 Å². The number of nitrogens with one attached hydrogen (secondary N) is 1. The fourth-order valence-electron chi connectivity index (χ4n) is 2.49. The molecule has 0 fully saturated rings. The number of hydrogen-bond donors (Lipinski definition) is 1. The van der Waals surface area contributed by atoms with Gasteiger partial charge in [0.2, 0.25) is 0 Å². The van der Waals surface area contributed by atoms with E-state index in [9.17, 15) is 4.79 Å². The van der Waals surface area contributed by atoms with E-state index in [0.717, 1.165) is 5.75 Å². The molecule has 4 heteroatoms. The van der Waals surface area contributed by atoms with Crippen LogP contribution >= 0.6 is 0 Å². The van der Waals surface area contributed by atoms with Gasteiger partial charge in [0.05, 0.1) is 5.56 Å². The van der Waals surface area contributed by atoms with Gasteiger partial charge in [-0.3, -0.25) is 4.79 Å². The van der Waals surface area contributed by atoms with Gasteiger partial charge in [0.1, 0.15) is 24.7 Å². The van der Waals surface area contributed by atoms with Crippen molar-refractivity contribution in [3.8, 4) is 23.8 Å². The van der Waals surface area contributed by atoms with Crippen LogP contribution in [0.15, 0.2) is 78.9 Å². The van der Waals surface area contributed by atoms with Crippen LogP contribution in [0.5, 0.6) is 11.5 Å². The largest absolute Gasteiger partial charge is 0.490 e. The fraction of sp³-hybridized carbons (Fsp3) is 0.0870. The molecule has 0 aromatic heterocycles. The van der Waals surface area contributed by atoms with E-state index in [1.54, 1.807) is 42.5 Å². The van der Waals surface area contributed by atoms with Crippen LogP contribution in [-0.4, -0.2) is 19.1 Å². The van der Waals surface area contributed by atoms with Gasteiger partial charge in [0.15, 0.2) is 0 Å². The van der Waals surface area contributed by atoms with Crippen molar-refractivity contribution in [2.24, 2.45) is 0 Å². The number of para-hydroxylation sites is 2. The van der Waals surface area contributed by atoms with Crippen molar-refractivity contribution in [2.45, 2.75) is 0 Å². The third-order valence-corrected chi connectivity index (χ3v) is 3.77. The second kappa shape index (κ2) is 9.12. The Hall–Kier alpha value is -3.71. The number of anilines is 1. The molecule has 0 atom stereocenters. The molecule has 0 aliphatic rings. The molecule has 0 heterocycles. The summed E-state index contributed by atoms with van der Waals surface area (Å²) < 4.78 is 11.3. The summed E-state index contributed by atoms with van der Waals surface area (Å²) in [5.41, 5.74) is 1.79. The second-order valence-corrected chi connectivity index (χ2v) is 5.69. The highest BCUT2D eigenvalue weighted by Crippen LogP contribution is 2.20. The lowest BCUT2D eigenvalue weighted by atomic mass is 10.1. The molecule has 0 bridgehead atoms. The Labute approximate surface area is 158 Å². The summed E-state index contributed by atoms with van der Waals surface area (Å²) in [6.07, 6.45) is 5.40. The van der Waals surface area contributed by atoms with Crippen LogP contribution in [0.1, 0.15) is 15.9 Å². The lowest BCUT2D eigenvalue weighted by molar-refractivity contribution is 0.102. The summed E-state index contributed by atoms with van der Waals surface area (Å²) in [4.78, 5) is 12.6. The maximum atomic E-state index is 12.6. The maximum Gasteiger partial charge on any atom is 0.259 e. The first-order valence-electron chi connectivity index (χ1n) is 8.54. The third kappa shape index (κ3) is 5.13. The first kappa shape index (κ1) is 18.1. The van der Waals surface area contributed by atoms with E-state index in [0.29, 0.717) is 35.8 Å². The number of carbonyl (C=O) groups is 1. The van der Waals surface area contributed by atoms with Gasteiger partial charge >= 0.3 is 0 Å². The number of rotatable bonds is 7. The Morgan fingerprint density at radius 3 is 2.44 bits per heavy atom. The van der Waals surface area contributed by atoms with Gasteiger partial charge in [-0.05, 0) is 42.5 Å². The number of amides is 1. The molecule has 0 saturated heterocycles. The summed E-state index contributed by atoms with van der Waals surface area (Å²) in [5, 5.41) is 2.84. The molecule has 134 valence electrons. The smallest absolute Gasteiger partial charge is 0.259 e. The van der Waals surface area contributed by atoms with E-state index < -0.39 is 0 Å². The molecular weight excluding hydrogens is 338 g/mol. The van der Waals surface area contributed by atoms with Gasteiger partial charge in [-0.2, -0.15) is 0 Å². The Morgan fingerprint density at radius 2 is 1.63 bits per heavy atom. The predicted molar refractivity (Wildman–Crippen MR) is 106 cm³/mol. The molecule has 1 N–H and O–H groups in total. The summed E-state index contributed by atoms with van der Waals surface area (Å²) in [7, 11) is 0. The molecule has 3 aromatic carbocycles. The van der Waals surface area contributed by atoms with E-state index in [1.165, 1.54) is 0 Å². The van der Waals surface area contributed by atoms with Gasteiger partial charge in [-0.1, -0.05) is 42.3 Å². The van der Waals surface area contributed by atoms with Crippen molar-refractivity contribution in [1.82, 2.24) is 0 Å². The first-order valence-corrected chi connectivity index (χ1v) is 8.54. The lowest BCUT2D eigenvalue weighted by Gasteiger charge is -2.12. The average Bonchev–Trinajstić information content (AvgIpc) is 2.72. The minimum absolute atomic E-state index is 0.260. The van der Waals surface area contributed by atoms with E-state index in [4.69, 9.17) is 15.9 Å². The molecule has 3 rings (SSSR count). The van der Waals surface area contributed by atoms with E-state index >= 15 is 0 Å². The van der Waals surface area contributed by atoms with Crippen LogP contribution in [0, 0.1) is 12.3 Å². The molecule has 4 nitrogen and oxygen atoms in total. The maximum absolute atomic E-state index is 12.6. The molecule has 27 heavy (non-hydrogen) atoms. The third-order valence-electron chi connectivity index (χ3n) is 3.77. The van der Waals surface area contributed by atoms with Crippen molar-refractivity contribution < 1.29 is 14.3 Å². The number of ether oxygens (including phenoxy) is 2. The average molecular weight is 357 g/mol. The molecule has 0 aliphatic heterocycles. The quantitative estimate of drug-likeness (QED) is 0.504. The highest BCUT2D eigenvalue weighted by molar-refractivity contribution is 6.06. The van der Waals surface area contributed by atoms with Gasteiger partial charge in [-0.25, -0.2) is 0 Å². The summed E-state index contributed by atoms with van der Waals surface area (Å²) in [6, 6.07) is 23.7. The molecule has 0 unspecified atom stereocenters. The van der Waals surface area contributed by atoms with Gasteiger partial charge in [0.25, 0.3) is 5.91 Å². The molecular formula is C23H19NO3. The van der Waals surface area contributed by atoms with Gasteiger partial charge in [-0.15, -0.1) is 6.42 Å². The Balaban J connectivity index is 1.61. The molecule has 0 radical (unpaired) electrons. The van der Waals surface area contributed by atoms with Crippen molar-refractivity contribution in [3.05, 3.63) is 90.0 Å². The second-order valence-electron chi connectivity index (χ2n) is 5.69. The van der Waals surface area contributed by atoms with E-state index in [-0.39, 0.29) is 5.91 Å². The highest BCUT2D eigenvalue weighted by Gasteiger charge is 2.12. The van der Waals surface area contributed by atoms with Crippen LogP contribution in [0.2, 0.25) is 0 Å². The molecule has 0 saturated carbocycles. The predicted octanol–water partition coefficient (Wildman–Crippen LogP) is 4.38. The van der Waals surface area contributed by atoms with E-state index in [2.05, 4.69) is 11.2 Å². The number of carbonyl (C=O) groups excluding carboxylic acids is 1. The Bertz CT molecular complexity index is 945. The zero-order valence-corrected chi connectivity index (χ0v) is 14.7. The topological polar surface area (TPSA) is 47.6 Å². The normalized spacial score (nSPS) is 9.89. The molecule has 0 spiro atoms. The lowest BCUT2D eigenvalue weighted by Crippen LogP contribution is -2.15. The summed E-state index contributed by atoms with van der Waals surface area (Å²) >= 11 is 0. The first-order chi connectivity index (χ1) is 13.3. The highest BCUT2D eigenvalue weighted by atomic mass is 16.5. The van der Waals surface area contributed by atoms with Crippen LogP contribution in [0.3, 0.4) is 0 Å². The summed E-state index contributed by atoms with van der Waals surface area (Å²) in [5.74, 6) is 3.57. The van der Waals surface area contributed by atoms with Crippen molar-refractivity contribution in [1.29, 1.82) is 0 Å². The van der Waals surface area contributed by atoms with Crippen LogP contribution in [0.25, 0.3) is 0 Å². The van der Waals surface area contributed by atoms with Gasteiger partial charge in [0, 0.05) is 11.3 Å². The summed E-state index contributed by atoms with van der Waals surface area (Å²) in [6.45, 7) is 0.704. The zero-order chi connectivity index (χ0) is 18.9. The minimum Gasteiger partial charge on any atom is -0.490 e. The van der Waals surface area contributed by atoms with Crippen LogP contribution in [0.4, 0.5) is 5.69 Å². The standard InChI is InChI=1S/C23H19NO3/c1-2-18-9-8-10-19(17-18)24-23(25)21-13-6-7-14-22(21)27-16-15-26-20-11-4-3-5-12-20/h1,3-14,17H,15-16H2,(H,24,25). The zero-order valence-electron chi connectivity index (χ0n) is 14.7. The van der Waals surface area contributed by atoms with Crippen LogP contribution in [-0.2, 0) is 0 Å². The van der Waals surface area contributed by atoms with Gasteiger partial charge < -0.3 is 14.8 Å². The van der Waals surface area contributed by atoms with Crippen molar-refractivity contribution >= 4 is 11.6 Å². The SMILES string of the molecule is C#Cc1cccc(NC(=O)c2ccccc2OCCOc2ccccc2)c1. The molecule has 0 aliphatic carbocycles. The Morgan fingerprint density at radius 1 is 0.889 bits per heavy atom.